The van der Waals surface area contributed by atoms with Gasteiger partial charge in [0.05, 0.1) is 31.8 Å². The van der Waals surface area contributed by atoms with Gasteiger partial charge in [0.1, 0.15) is 12.4 Å². The van der Waals surface area contributed by atoms with E-state index >= 15 is 0 Å². The van der Waals surface area contributed by atoms with Crippen molar-refractivity contribution in [3.8, 4) is 17.9 Å². The summed E-state index contributed by atoms with van der Waals surface area (Å²) in [5.41, 5.74) is 2.62. The molecule has 0 heterocycles. The minimum Gasteiger partial charge on any atom is -0.487 e. The second kappa shape index (κ2) is 10.4. The van der Waals surface area contributed by atoms with Gasteiger partial charge >= 0.3 is 0 Å². The van der Waals surface area contributed by atoms with E-state index in [0.29, 0.717) is 22.4 Å². The van der Waals surface area contributed by atoms with Crippen molar-refractivity contribution < 1.29 is 9.66 Å². The minimum atomic E-state index is -0.492. The number of nitro groups is 1. The molecular weight excluding hydrogens is 620 g/mol. The van der Waals surface area contributed by atoms with Crippen LogP contribution in [0.15, 0.2) is 60.7 Å². The van der Waals surface area contributed by atoms with Crippen molar-refractivity contribution in [1.29, 1.82) is 10.5 Å². The molecule has 0 N–H and O–H groups in total. The van der Waals surface area contributed by atoms with Crippen LogP contribution >= 0.6 is 45.2 Å². The number of rotatable bonds is 6. The Bertz CT molecular complexity index is 1270. The lowest BCUT2D eigenvalue weighted by Gasteiger charge is -2.13. The van der Waals surface area contributed by atoms with Gasteiger partial charge in [-0.15, -0.1) is 0 Å². The Balaban J connectivity index is 2.02. The summed E-state index contributed by atoms with van der Waals surface area (Å²) in [6.07, 6.45) is 1.66. The lowest BCUT2D eigenvalue weighted by atomic mass is 10.0. The van der Waals surface area contributed by atoms with Crippen molar-refractivity contribution in [3.63, 3.8) is 0 Å². The third-order valence-corrected chi connectivity index (χ3v) is 5.76. The van der Waals surface area contributed by atoms with Gasteiger partial charge in [-0.25, -0.2) is 0 Å². The monoisotopic (exact) mass is 633 g/mol. The molecule has 0 unspecified atom stereocenters. The predicted molar refractivity (Wildman–Crippen MR) is 134 cm³/mol. The summed E-state index contributed by atoms with van der Waals surface area (Å²) >= 11 is 4.35. The van der Waals surface area contributed by atoms with Gasteiger partial charge in [0.2, 0.25) is 0 Å². The molecule has 0 saturated heterocycles. The molecule has 3 aromatic carbocycles. The van der Waals surface area contributed by atoms with Gasteiger partial charge in [-0.3, -0.25) is 10.1 Å². The van der Waals surface area contributed by atoms with Crippen LogP contribution in [0.1, 0.15) is 22.3 Å². The molecule has 0 bridgehead atoms. The van der Waals surface area contributed by atoms with Gasteiger partial charge in [0.25, 0.3) is 5.69 Å². The van der Waals surface area contributed by atoms with E-state index < -0.39 is 4.92 Å². The smallest absolute Gasteiger partial charge is 0.270 e. The summed E-state index contributed by atoms with van der Waals surface area (Å²) in [5, 5.41) is 30.1. The van der Waals surface area contributed by atoms with Crippen LogP contribution in [-0.4, -0.2) is 4.92 Å². The molecule has 31 heavy (non-hydrogen) atoms. The third-order valence-electron chi connectivity index (χ3n) is 4.34. The van der Waals surface area contributed by atoms with E-state index in [2.05, 4.69) is 57.3 Å². The number of hydrogen-bond acceptors (Lipinski definition) is 5. The summed E-state index contributed by atoms with van der Waals surface area (Å²) in [4.78, 5) is 10.6. The van der Waals surface area contributed by atoms with Gasteiger partial charge in [-0.2, -0.15) is 10.5 Å². The quantitative estimate of drug-likeness (QED) is 0.104. The summed E-state index contributed by atoms with van der Waals surface area (Å²) in [6.45, 7) is 0.194. The van der Waals surface area contributed by atoms with Crippen LogP contribution in [0.3, 0.4) is 0 Å². The highest BCUT2D eigenvalue weighted by Crippen LogP contribution is 2.33. The van der Waals surface area contributed by atoms with Gasteiger partial charge in [0.15, 0.2) is 0 Å². The van der Waals surface area contributed by atoms with Crippen LogP contribution < -0.4 is 4.74 Å². The summed E-state index contributed by atoms with van der Waals surface area (Å²) < 4.78 is 7.87. The molecule has 8 heteroatoms. The van der Waals surface area contributed by atoms with E-state index in [1.165, 1.54) is 12.1 Å². The van der Waals surface area contributed by atoms with Crippen LogP contribution in [0, 0.1) is 39.9 Å². The van der Waals surface area contributed by atoms with Crippen LogP contribution in [-0.2, 0) is 6.61 Å². The Morgan fingerprint density at radius 2 is 1.87 bits per heavy atom. The van der Waals surface area contributed by atoms with Gasteiger partial charge in [0, 0.05) is 26.8 Å². The maximum Gasteiger partial charge on any atom is 0.270 e. The van der Waals surface area contributed by atoms with Crippen molar-refractivity contribution in [2.24, 2.45) is 0 Å². The van der Waals surface area contributed by atoms with E-state index in [4.69, 9.17) is 4.74 Å². The number of hydrogen-bond donors (Lipinski definition) is 0. The van der Waals surface area contributed by atoms with Crippen LogP contribution in [0.4, 0.5) is 5.69 Å². The molecule has 0 spiro atoms. The van der Waals surface area contributed by atoms with E-state index in [0.717, 1.165) is 12.7 Å². The molecule has 3 aromatic rings. The molecule has 0 atom stereocenters. The fourth-order valence-corrected chi connectivity index (χ4v) is 4.91. The Hall–Kier alpha value is -2.96. The molecule has 0 amide bonds. The molecule has 6 nitrogen and oxygen atoms in total. The highest BCUT2D eigenvalue weighted by molar-refractivity contribution is 14.1. The van der Waals surface area contributed by atoms with Crippen molar-refractivity contribution in [2.45, 2.75) is 6.61 Å². The molecule has 0 aliphatic carbocycles. The molecule has 0 aromatic heterocycles. The zero-order valence-electron chi connectivity index (χ0n) is 15.9. The lowest BCUT2D eigenvalue weighted by Crippen LogP contribution is -2.01. The fourth-order valence-electron chi connectivity index (χ4n) is 2.87. The molecule has 0 aliphatic rings. The summed E-state index contributed by atoms with van der Waals surface area (Å²) in [5.74, 6) is 0.576. The number of nitro benzene ring substituents is 1. The van der Waals surface area contributed by atoms with Crippen LogP contribution in [0.5, 0.6) is 5.75 Å². The molecule has 0 aliphatic heterocycles. The number of benzene rings is 3. The zero-order valence-corrected chi connectivity index (χ0v) is 20.2. The minimum absolute atomic E-state index is 0.0829. The third kappa shape index (κ3) is 5.60. The first-order valence-electron chi connectivity index (χ1n) is 8.89. The Morgan fingerprint density at radius 3 is 2.58 bits per heavy atom. The van der Waals surface area contributed by atoms with Crippen LogP contribution in [0.2, 0.25) is 0 Å². The van der Waals surface area contributed by atoms with Crippen molar-refractivity contribution >= 4 is 62.5 Å². The molecule has 0 fully saturated rings. The number of allylic oxidation sites excluding steroid dienone is 1. The number of halogens is 2. The summed E-state index contributed by atoms with van der Waals surface area (Å²) in [6, 6.07) is 21.3. The lowest BCUT2D eigenvalue weighted by molar-refractivity contribution is -0.384. The Morgan fingerprint density at radius 1 is 1.10 bits per heavy atom. The van der Waals surface area contributed by atoms with E-state index in [1.54, 1.807) is 30.3 Å². The highest BCUT2D eigenvalue weighted by atomic mass is 127. The Kier molecular flexibility index (Phi) is 7.60. The molecule has 0 radical (unpaired) electrons. The number of non-ortho nitro benzene ring substituents is 1. The SMILES string of the molecule is N#C/C(=C/c1cc(I)cc(I)c1OCc1ccccc1C#N)c1cccc([N+](=O)[O-])c1. The first kappa shape index (κ1) is 22.7. The summed E-state index contributed by atoms with van der Waals surface area (Å²) in [7, 11) is 0. The van der Waals surface area contributed by atoms with Crippen molar-refractivity contribution in [2.75, 3.05) is 0 Å². The average Bonchev–Trinajstić information content (AvgIpc) is 2.77. The second-order valence-electron chi connectivity index (χ2n) is 6.34. The van der Waals surface area contributed by atoms with Gasteiger partial charge in [-0.1, -0.05) is 30.3 Å². The average molecular weight is 633 g/mol. The zero-order chi connectivity index (χ0) is 22.4. The van der Waals surface area contributed by atoms with Gasteiger partial charge < -0.3 is 4.74 Å². The van der Waals surface area contributed by atoms with Crippen LogP contribution in [0.25, 0.3) is 11.6 Å². The number of nitrogens with zero attached hydrogens (tertiary/aromatic N) is 3. The first-order valence-corrected chi connectivity index (χ1v) is 11.0. The Labute approximate surface area is 206 Å². The number of nitriles is 2. The first-order chi connectivity index (χ1) is 14.9. The fraction of sp³-hybridized carbons (Fsp3) is 0.0435. The maximum absolute atomic E-state index is 11.1. The molecular formula is C23H13I2N3O3. The standard InChI is InChI=1S/C23H13I2N3O3/c24-20-9-18(8-19(13-27)15-6-3-7-21(10-15)28(29)30)23(22(25)11-20)31-14-17-5-2-1-4-16(17)12-26/h1-11H,14H2/b19-8-. The van der Waals surface area contributed by atoms with E-state index in [1.807, 2.05) is 24.3 Å². The van der Waals surface area contributed by atoms with Gasteiger partial charge in [-0.05, 0) is 75.0 Å². The number of ether oxygens (including phenoxy) is 1. The largest absolute Gasteiger partial charge is 0.487 e. The normalized spacial score (nSPS) is 10.8. The molecule has 152 valence electrons. The second-order valence-corrected chi connectivity index (χ2v) is 8.75. The highest BCUT2D eigenvalue weighted by Gasteiger charge is 2.14. The predicted octanol–water partition coefficient (Wildman–Crippen LogP) is 6.32. The topological polar surface area (TPSA) is 99.9 Å². The van der Waals surface area contributed by atoms with Crippen molar-refractivity contribution in [3.05, 3.63) is 100 Å². The van der Waals surface area contributed by atoms with E-state index in [-0.39, 0.29) is 17.9 Å². The van der Waals surface area contributed by atoms with E-state index in [9.17, 15) is 20.6 Å². The molecule has 3 rings (SSSR count). The van der Waals surface area contributed by atoms with Crippen molar-refractivity contribution in [1.82, 2.24) is 0 Å². The maximum atomic E-state index is 11.1. The molecule has 0 saturated carbocycles.